The summed E-state index contributed by atoms with van der Waals surface area (Å²) in [6.45, 7) is 11.0. The van der Waals surface area contributed by atoms with Gasteiger partial charge in [0.15, 0.2) is 0 Å². The predicted molar refractivity (Wildman–Crippen MR) is 112 cm³/mol. The van der Waals surface area contributed by atoms with Crippen LogP contribution in [0.1, 0.15) is 71.8 Å². The molecule has 3 saturated heterocycles. The fourth-order valence-electron chi connectivity index (χ4n) is 5.55. The van der Waals surface area contributed by atoms with E-state index in [9.17, 15) is 0 Å². The summed E-state index contributed by atoms with van der Waals surface area (Å²) in [7, 11) is -0.296. The van der Waals surface area contributed by atoms with Gasteiger partial charge in [0.25, 0.3) is 0 Å². The zero-order valence-electron chi connectivity index (χ0n) is 17.9. The second-order valence-corrected chi connectivity index (χ2v) is 10.4. The molecule has 0 bridgehead atoms. The molecule has 3 fully saturated rings. The minimum atomic E-state index is -0.305. The van der Waals surface area contributed by atoms with Crippen LogP contribution in [0.25, 0.3) is 0 Å². The third-order valence-electron chi connectivity index (χ3n) is 7.88. The second-order valence-electron chi connectivity index (χ2n) is 10.4. The van der Waals surface area contributed by atoms with Crippen LogP contribution in [0.4, 0.5) is 0 Å². The Morgan fingerprint density at radius 3 is 2.54 bits per heavy atom. The van der Waals surface area contributed by atoms with Gasteiger partial charge in [0.2, 0.25) is 0 Å². The van der Waals surface area contributed by atoms with Gasteiger partial charge in [-0.15, -0.1) is 0 Å². The first kappa shape index (κ1) is 19.0. The van der Waals surface area contributed by atoms with Crippen molar-refractivity contribution in [1.82, 2.24) is 4.90 Å². The van der Waals surface area contributed by atoms with Crippen molar-refractivity contribution in [3.8, 4) is 5.75 Å². The molecule has 5 heteroatoms. The summed E-state index contributed by atoms with van der Waals surface area (Å²) in [5.74, 6) is 1.07. The number of benzene rings is 1. The first-order chi connectivity index (χ1) is 13.3. The highest BCUT2D eigenvalue weighted by molar-refractivity contribution is 6.62. The Bertz CT molecular complexity index is 748. The largest absolute Gasteiger partial charge is 0.494 e. The minimum absolute atomic E-state index is 0.00630. The standard InChI is InChI=1S/C23H34BNO3/c1-21(2)22(3,4)28-24(27-21)18-9-10-20-17(14-18)15-23(26-20)11-7-13-25-12-6-5-8-19(25)16-23/h9-10,14,19H,5-8,11-13,15-16H2,1-4H3. The van der Waals surface area contributed by atoms with Crippen LogP contribution < -0.4 is 10.2 Å². The number of ether oxygens (including phenoxy) is 1. The molecule has 1 spiro atoms. The van der Waals surface area contributed by atoms with Gasteiger partial charge < -0.3 is 18.9 Å². The molecule has 0 N–H and O–H groups in total. The summed E-state index contributed by atoms with van der Waals surface area (Å²) in [5, 5.41) is 0. The number of hydrogen-bond acceptors (Lipinski definition) is 4. The molecule has 2 unspecified atom stereocenters. The van der Waals surface area contributed by atoms with Crippen LogP contribution in [-0.4, -0.2) is 48.0 Å². The van der Waals surface area contributed by atoms with Crippen LogP contribution in [0.3, 0.4) is 0 Å². The topological polar surface area (TPSA) is 30.9 Å². The average molecular weight is 383 g/mol. The highest BCUT2D eigenvalue weighted by Crippen LogP contribution is 2.44. The highest BCUT2D eigenvalue weighted by Gasteiger charge is 2.52. The maximum Gasteiger partial charge on any atom is 0.494 e. The van der Waals surface area contributed by atoms with Gasteiger partial charge >= 0.3 is 7.12 Å². The van der Waals surface area contributed by atoms with E-state index in [0.717, 1.165) is 17.6 Å². The van der Waals surface area contributed by atoms with E-state index < -0.39 is 0 Å². The molecule has 0 radical (unpaired) electrons. The Labute approximate surface area is 170 Å². The molecule has 0 aromatic heterocycles. The van der Waals surface area contributed by atoms with Crippen LogP contribution in [0, 0.1) is 0 Å². The van der Waals surface area contributed by atoms with Crippen LogP contribution in [0.15, 0.2) is 18.2 Å². The van der Waals surface area contributed by atoms with E-state index in [2.05, 4.69) is 50.8 Å². The third kappa shape index (κ3) is 3.10. The van der Waals surface area contributed by atoms with Gasteiger partial charge in [-0.05, 0) is 83.6 Å². The minimum Gasteiger partial charge on any atom is -0.487 e. The van der Waals surface area contributed by atoms with Crippen molar-refractivity contribution in [2.24, 2.45) is 0 Å². The maximum absolute atomic E-state index is 6.66. The van der Waals surface area contributed by atoms with Gasteiger partial charge in [0.1, 0.15) is 11.4 Å². The van der Waals surface area contributed by atoms with E-state index >= 15 is 0 Å². The van der Waals surface area contributed by atoms with E-state index in [4.69, 9.17) is 14.0 Å². The van der Waals surface area contributed by atoms with Crippen molar-refractivity contribution in [3.05, 3.63) is 23.8 Å². The molecule has 4 heterocycles. The summed E-state index contributed by atoms with van der Waals surface area (Å²) in [5.41, 5.74) is 1.83. The lowest BCUT2D eigenvalue weighted by Gasteiger charge is -2.37. The van der Waals surface area contributed by atoms with Crippen molar-refractivity contribution in [2.45, 2.75) is 95.5 Å². The molecule has 0 amide bonds. The van der Waals surface area contributed by atoms with E-state index in [-0.39, 0.29) is 23.9 Å². The molecular weight excluding hydrogens is 349 g/mol. The number of rotatable bonds is 1. The van der Waals surface area contributed by atoms with Crippen molar-refractivity contribution in [3.63, 3.8) is 0 Å². The van der Waals surface area contributed by atoms with Crippen LogP contribution in [-0.2, 0) is 15.7 Å². The molecule has 5 rings (SSSR count). The van der Waals surface area contributed by atoms with E-state index in [0.29, 0.717) is 6.04 Å². The number of hydrogen-bond donors (Lipinski definition) is 0. The van der Waals surface area contributed by atoms with Crippen molar-refractivity contribution >= 4 is 12.6 Å². The monoisotopic (exact) mass is 383 g/mol. The number of fused-ring (bicyclic) bond motifs is 2. The molecular formula is C23H34BNO3. The summed E-state index contributed by atoms with van der Waals surface area (Å²) in [6, 6.07) is 7.25. The molecule has 0 aliphatic carbocycles. The van der Waals surface area contributed by atoms with Crippen molar-refractivity contribution < 1.29 is 14.0 Å². The molecule has 4 nitrogen and oxygen atoms in total. The first-order valence-corrected chi connectivity index (χ1v) is 11.2. The molecule has 4 aliphatic rings. The lowest BCUT2D eigenvalue weighted by Crippen LogP contribution is -2.44. The van der Waals surface area contributed by atoms with E-state index in [1.807, 2.05) is 0 Å². The van der Waals surface area contributed by atoms with E-state index in [1.165, 1.54) is 57.2 Å². The Morgan fingerprint density at radius 2 is 1.75 bits per heavy atom. The summed E-state index contributed by atoms with van der Waals surface area (Å²) in [6.07, 6.45) is 8.68. The first-order valence-electron chi connectivity index (χ1n) is 11.2. The zero-order valence-corrected chi connectivity index (χ0v) is 17.9. The van der Waals surface area contributed by atoms with E-state index in [1.54, 1.807) is 0 Å². The Hall–Kier alpha value is -1.04. The van der Waals surface area contributed by atoms with Gasteiger partial charge in [-0.25, -0.2) is 0 Å². The molecule has 4 aliphatic heterocycles. The Kier molecular flexibility index (Phi) is 4.39. The average Bonchev–Trinajstić information content (AvgIpc) is 3.00. The molecule has 152 valence electrons. The number of nitrogens with zero attached hydrogens (tertiary/aromatic N) is 1. The molecule has 28 heavy (non-hydrogen) atoms. The lowest BCUT2D eigenvalue weighted by atomic mass is 9.77. The molecule has 0 saturated carbocycles. The van der Waals surface area contributed by atoms with Gasteiger partial charge in [-0.2, -0.15) is 0 Å². The predicted octanol–water partition coefficient (Wildman–Crippen LogP) is 3.70. The normalized spacial score (nSPS) is 34.0. The maximum atomic E-state index is 6.66. The third-order valence-corrected chi connectivity index (χ3v) is 7.88. The lowest BCUT2D eigenvalue weighted by molar-refractivity contribution is 0.00578. The summed E-state index contributed by atoms with van der Waals surface area (Å²) in [4.78, 5) is 2.72. The van der Waals surface area contributed by atoms with Crippen LogP contribution in [0.2, 0.25) is 0 Å². The number of piperidine rings is 1. The molecule has 1 aromatic rings. The second kappa shape index (κ2) is 6.48. The van der Waals surface area contributed by atoms with Crippen LogP contribution in [0.5, 0.6) is 5.75 Å². The Morgan fingerprint density at radius 1 is 1.00 bits per heavy atom. The zero-order chi connectivity index (χ0) is 19.6. The van der Waals surface area contributed by atoms with Gasteiger partial charge in [0.05, 0.1) is 11.2 Å². The van der Waals surface area contributed by atoms with Gasteiger partial charge in [-0.1, -0.05) is 18.6 Å². The fourth-order valence-corrected chi connectivity index (χ4v) is 5.55. The SMILES string of the molecule is CC1(C)OB(c2ccc3c(c2)CC2(CCCN4CCCCC4C2)O3)OC1(C)C. The smallest absolute Gasteiger partial charge is 0.487 e. The highest BCUT2D eigenvalue weighted by atomic mass is 16.7. The fraction of sp³-hybridized carbons (Fsp3) is 0.739. The van der Waals surface area contributed by atoms with Crippen molar-refractivity contribution in [2.75, 3.05) is 13.1 Å². The summed E-state index contributed by atoms with van der Waals surface area (Å²) >= 11 is 0. The van der Waals surface area contributed by atoms with Crippen LogP contribution >= 0.6 is 0 Å². The van der Waals surface area contributed by atoms with Crippen molar-refractivity contribution in [1.29, 1.82) is 0 Å². The molecule has 1 aromatic carbocycles. The molecule has 2 atom stereocenters. The quantitative estimate of drug-likeness (QED) is 0.692. The van der Waals surface area contributed by atoms with Gasteiger partial charge in [-0.3, -0.25) is 0 Å². The Balaban J connectivity index is 1.36. The summed E-state index contributed by atoms with van der Waals surface area (Å²) < 4.78 is 19.2. The van der Waals surface area contributed by atoms with Gasteiger partial charge in [0, 0.05) is 18.9 Å².